The number of nitrogens with zero attached hydrogens (tertiary/aromatic N) is 1. The van der Waals surface area contributed by atoms with E-state index < -0.39 is 0 Å². The van der Waals surface area contributed by atoms with Crippen LogP contribution >= 0.6 is 0 Å². The number of hydrogen-bond donors (Lipinski definition) is 1. The van der Waals surface area contributed by atoms with Gasteiger partial charge in [-0.3, -0.25) is 4.79 Å². The van der Waals surface area contributed by atoms with Crippen LogP contribution in [0.1, 0.15) is 26.7 Å². The van der Waals surface area contributed by atoms with Crippen molar-refractivity contribution in [1.82, 2.24) is 10.2 Å². The zero-order valence-electron chi connectivity index (χ0n) is 10.5. The molecule has 1 rings (SSSR count). The Morgan fingerprint density at radius 2 is 2.06 bits per heavy atom. The fraction of sp³-hybridized carbons (Fsp3) is 0.917. The molecule has 4 nitrogen and oxygen atoms in total. The molecular weight excluding hydrogens is 204 g/mol. The number of piperidine rings is 1. The summed E-state index contributed by atoms with van der Waals surface area (Å²) in [6.45, 7) is 9.68. The van der Waals surface area contributed by atoms with Crippen molar-refractivity contribution in [3.05, 3.63) is 0 Å². The monoisotopic (exact) mass is 228 g/mol. The zero-order chi connectivity index (χ0) is 11.8. The van der Waals surface area contributed by atoms with Crippen LogP contribution in [-0.4, -0.2) is 50.2 Å². The second-order valence-electron chi connectivity index (χ2n) is 4.22. The highest BCUT2D eigenvalue weighted by molar-refractivity contribution is 5.72. The predicted molar refractivity (Wildman–Crippen MR) is 64.3 cm³/mol. The highest BCUT2D eigenvalue weighted by Crippen LogP contribution is 2.18. The maximum Gasteiger partial charge on any atom is 0.309 e. The Morgan fingerprint density at radius 1 is 1.38 bits per heavy atom. The summed E-state index contributed by atoms with van der Waals surface area (Å²) in [7, 11) is 0. The predicted octanol–water partition coefficient (Wildman–Crippen LogP) is 0.871. The number of esters is 1. The molecule has 4 heteroatoms. The van der Waals surface area contributed by atoms with Crippen LogP contribution in [0.2, 0.25) is 0 Å². The van der Waals surface area contributed by atoms with Crippen molar-refractivity contribution in [1.29, 1.82) is 0 Å². The summed E-state index contributed by atoms with van der Waals surface area (Å²) in [6, 6.07) is 0. The first kappa shape index (κ1) is 13.5. The molecule has 0 aromatic rings. The van der Waals surface area contributed by atoms with Crippen molar-refractivity contribution < 1.29 is 9.53 Å². The van der Waals surface area contributed by atoms with E-state index in [1.807, 2.05) is 6.92 Å². The van der Waals surface area contributed by atoms with Gasteiger partial charge in [0.2, 0.25) is 0 Å². The zero-order valence-corrected chi connectivity index (χ0v) is 10.5. The lowest BCUT2D eigenvalue weighted by molar-refractivity contribution is -0.149. The number of nitrogens with one attached hydrogen (secondary N) is 1. The minimum absolute atomic E-state index is 0.00571. The van der Waals surface area contributed by atoms with Crippen LogP contribution in [0.4, 0.5) is 0 Å². The summed E-state index contributed by atoms with van der Waals surface area (Å²) in [6.07, 6.45) is 1.90. The van der Waals surface area contributed by atoms with E-state index in [0.29, 0.717) is 6.61 Å². The maximum atomic E-state index is 11.5. The van der Waals surface area contributed by atoms with Gasteiger partial charge in [0.25, 0.3) is 0 Å². The highest BCUT2D eigenvalue weighted by Gasteiger charge is 2.25. The SMILES string of the molecule is CCNCCN1CCC(C(=O)OCC)CC1. The van der Waals surface area contributed by atoms with E-state index in [1.54, 1.807) is 0 Å². The smallest absolute Gasteiger partial charge is 0.309 e. The van der Waals surface area contributed by atoms with E-state index >= 15 is 0 Å². The van der Waals surface area contributed by atoms with Gasteiger partial charge in [0.05, 0.1) is 12.5 Å². The van der Waals surface area contributed by atoms with Gasteiger partial charge in [0.15, 0.2) is 0 Å². The lowest BCUT2D eigenvalue weighted by Gasteiger charge is -2.30. The van der Waals surface area contributed by atoms with Crippen molar-refractivity contribution in [2.75, 3.05) is 39.3 Å². The van der Waals surface area contributed by atoms with Crippen molar-refractivity contribution in [3.63, 3.8) is 0 Å². The van der Waals surface area contributed by atoms with Crippen LogP contribution in [-0.2, 0) is 9.53 Å². The molecule has 1 N–H and O–H groups in total. The molecule has 0 spiro atoms. The van der Waals surface area contributed by atoms with Gasteiger partial charge in [-0.05, 0) is 39.4 Å². The number of hydrogen-bond acceptors (Lipinski definition) is 4. The molecule has 0 aromatic carbocycles. The summed E-state index contributed by atoms with van der Waals surface area (Å²) >= 11 is 0. The Bertz CT molecular complexity index is 201. The minimum Gasteiger partial charge on any atom is -0.466 e. The molecule has 0 unspecified atom stereocenters. The Kier molecular flexibility index (Phi) is 6.42. The number of carbonyl (C=O) groups is 1. The average Bonchev–Trinajstić information content (AvgIpc) is 2.30. The van der Waals surface area contributed by atoms with Gasteiger partial charge < -0.3 is 15.0 Å². The molecule has 1 aliphatic rings. The minimum atomic E-state index is -0.00571. The second kappa shape index (κ2) is 7.63. The normalized spacial score (nSPS) is 18.6. The molecule has 16 heavy (non-hydrogen) atoms. The van der Waals surface area contributed by atoms with Gasteiger partial charge in [-0.15, -0.1) is 0 Å². The molecule has 1 saturated heterocycles. The van der Waals surface area contributed by atoms with E-state index in [9.17, 15) is 4.79 Å². The average molecular weight is 228 g/mol. The Labute approximate surface area is 98.3 Å². The van der Waals surface area contributed by atoms with Crippen LogP contribution in [0.25, 0.3) is 0 Å². The van der Waals surface area contributed by atoms with Gasteiger partial charge >= 0.3 is 5.97 Å². The van der Waals surface area contributed by atoms with Gasteiger partial charge in [-0.1, -0.05) is 6.92 Å². The maximum absolute atomic E-state index is 11.5. The molecule has 0 saturated carbocycles. The standard InChI is InChI=1S/C12H24N2O2/c1-3-13-7-10-14-8-5-11(6-9-14)12(15)16-4-2/h11,13H,3-10H2,1-2H3. The lowest BCUT2D eigenvalue weighted by atomic mass is 9.97. The van der Waals surface area contributed by atoms with Crippen LogP contribution in [0, 0.1) is 5.92 Å². The first-order valence-electron chi connectivity index (χ1n) is 6.37. The molecule has 0 amide bonds. The summed E-state index contributed by atoms with van der Waals surface area (Å²) in [4.78, 5) is 13.9. The van der Waals surface area contributed by atoms with Crippen LogP contribution in [0.3, 0.4) is 0 Å². The third kappa shape index (κ3) is 4.49. The van der Waals surface area contributed by atoms with Crippen molar-refractivity contribution in [2.24, 2.45) is 5.92 Å². The molecule has 0 atom stereocenters. The third-order valence-electron chi connectivity index (χ3n) is 3.06. The Hall–Kier alpha value is -0.610. The fourth-order valence-electron chi connectivity index (χ4n) is 2.07. The van der Waals surface area contributed by atoms with Crippen molar-refractivity contribution in [2.45, 2.75) is 26.7 Å². The van der Waals surface area contributed by atoms with E-state index in [1.165, 1.54) is 0 Å². The number of rotatable bonds is 6. The number of likely N-dealkylation sites (tertiary alicyclic amines) is 1. The van der Waals surface area contributed by atoms with Crippen LogP contribution < -0.4 is 5.32 Å². The van der Waals surface area contributed by atoms with E-state index in [4.69, 9.17) is 4.74 Å². The topological polar surface area (TPSA) is 41.6 Å². The molecule has 0 radical (unpaired) electrons. The van der Waals surface area contributed by atoms with Crippen LogP contribution in [0.15, 0.2) is 0 Å². The number of ether oxygens (including phenoxy) is 1. The van der Waals surface area contributed by atoms with Gasteiger partial charge in [0.1, 0.15) is 0 Å². The molecule has 1 fully saturated rings. The van der Waals surface area contributed by atoms with Crippen molar-refractivity contribution >= 4 is 5.97 Å². The third-order valence-corrected chi connectivity index (χ3v) is 3.06. The largest absolute Gasteiger partial charge is 0.466 e. The highest BCUT2D eigenvalue weighted by atomic mass is 16.5. The quantitative estimate of drug-likeness (QED) is 0.541. The molecule has 0 aliphatic carbocycles. The van der Waals surface area contributed by atoms with Gasteiger partial charge in [-0.2, -0.15) is 0 Å². The summed E-state index contributed by atoms with van der Waals surface area (Å²) in [5.74, 6) is 0.129. The van der Waals surface area contributed by atoms with Gasteiger partial charge in [0, 0.05) is 13.1 Å². The summed E-state index contributed by atoms with van der Waals surface area (Å²) in [5.41, 5.74) is 0. The molecule has 1 heterocycles. The fourth-order valence-corrected chi connectivity index (χ4v) is 2.07. The van der Waals surface area contributed by atoms with Crippen LogP contribution in [0.5, 0.6) is 0 Å². The lowest BCUT2D eigenvalue weighted by Crippen LogP contribution is -2.40. The molecule has 0 bridgehead atoms. The molecular formula is C12H24N2O2. The molecule has 94 valence electrons. The summed E-state index contributed by atoms with van der Waals surface area (Å²) in [5, 5.41) is 3.32. The van der Waals surface area contributed by atoms with E-state index in [0.717, 1.165) is 45.6 Å². The first-order chi connectivity index (χ1) is 7.77. The van der Waals surface area contributed by atoms with Crippen molar-refractivity contribution in [3.8, 4) is 0 Å². The molecule has 1 aliphatic heterocycles. The number of likely N-dealkylation sites (N-methyl/N-ethyl adjacent to an activating group) is 1. The van der Waals surface area contributed by atoms with E-state index in [2.05, 4.69) is 17.1 Å². The molecule has 0 aromatic heterocycles. The Balaban J connectivity index is 2.15. The first-order valence-corrected chi connectivity index (χ1v) is 6.37. The van der Waals surface area contributed by atoms with E-state index in [-0.39, 0.29) is 11.9 Å². The van der Waals surface area contributed by atoms with Gasteiger partial charge in [-0.25, -0.2) is 0 Å². The Morgan fingerprint density at radius 3 is 2.62 bits per heavy atom. The number of carbonyl (C=O) groups excluding carboxylic acids is 1. The second-order valence-corrected chi connectivity index (χ2v) is 4.22. The summed E-state index contributed by atoms with van der Waals surface area (Å²) < 4.78 is 5.05.